The fourth-order valence-electron chi connectivity index (χ4n) is 4.39. The van der Waals surface area contributed by atoms with Gasteiger partial charge in [-0.15, -0.1) is 0 Å². The normalized spacial score (nSPS) is 19.1. The Labute approximate surface area is 186 Å². The highest BCUT2D eigenvalue weighted by Gasteiger charge is 2.35. The van der Waals surface area contributed by atoms with Gasteiger partial charge in [-0.1, -0.05) is 6.92 Å². The van der Waals surface area contributed by atoms with Gasteiger partial charge in [0.25, 0.3) is 0 Å². The van der Waals surface area contributed by atoms with Crippen molar-refractivity contribution in [3.63, 3.8) is 0 Å². The Morgan fingerprint density at radius 3 is 2.85 bits per heavy atom. The van der Waals surface area contributed by atoms with Gasteiger partial charge in [-0.25, -0.2) is 18.7 Å². The van der Waals surface area contributed by atoms with Gasteiger partial charge < -0.3 is 19.8 Å². The third-order valence-electron chi connectivity index (χ3n) is 6.09. The lowest BCUT2D eigenvalue weighted by molar-refractivity contribution is -0.116. The second-order valence-electron chi connectivity index (χ2n) is 8.22. The number of ether oxygens (including phenoxy) is 2. The zero-order valence-electron chi connectivity index (χ0n) is 17.5. The molecule has 2 unspecified atom stereocenters. The molecule has 2 aliphatic rings. The molecular formula is C24H18F2N4O3. The van der Waals surface area contributed by atoms with E-state index in [1.807, 2.05) is 25.1 Å². The van der Waals surface area contributed by atoms with E-state index in [9.17, 15) is 13.6 Å². The number of rotatable bonds is 3. The largest absolute Gasteiger partial charge is 0.482 e. The summed E-state index contributed by atoms with van der Waals surface area (Å²) in [5.74, 6) is 0.988. The maximum absolute atomic E-state index is 13.6. The molecule has 0 saturated heterocycles. The number of hydrogen-bond acceptors (Lipinski definition) is 5. The first-order valence-electron chi connectivity index (χ1n) is 10.6. The Hall–Kier alpha value is -4.01. The molecule has 0 radical (unpaired) electrons. The maximum atomic E-state index is 13.6. The Morgan fingerprint density at radius 1 is 1.12 bits per heavy atom. The molecule has 4 aromatic rings. The molecule has 2 aliphatic heterocycles. The lowest BCUT2D eigenvalue weighted by Crippen LogP contribution is -2.20. The van der Waals surface area contributed by atoms with E-state index < -0.39 is 17.7 Å². The third-order valence-corrected chi connectivity index (χ3v) is 6.09. The smallest absolute Gasteiger partial charge is 0.225 e. The number of H-pyrrole nitrogens is 1. The van der Waals surface area contributed by atoms with Crippen LogP contribution in [0, 0.1) is 11.6 Å². The van der Waals surface area contributed by atoms with Gasteiger partial charge in [-0.05, 0) is 30.7 Å². The van der Waals surface area contributed by atoms with Crippen LogP contribution in [0.1, 0.15) is 42.3 Å². The summed E-state index contributed by atoms with van der Waals surface area (Å²) >= 11 is 0. The average Bonchev–Trinajstić information content (AvgIpc) is 3.34. The number of nitrogens with one attached hydrogen (secondary N) is 2. The summed E-state index contributed by atoms with van der Waals surface area (Å²) in [4.78, 5) is 23.3. The van der Waals surface area contributed by atoms with Gasteiger partial charge in [0.15, 0.2) is 17.7 Å². The molecule has 0 saturated carbocycles. The highest BCUT2D eigenvalue weighted by molar-refractivity contribution is 5.93. The topological polar surface area (TPSA) is 89.1 Å². The number of nitrogens with zero attached hydrogens (tertiary/aromatic N) is 2. The zero-order chi connectivity index (χ0) is 22.7. The number of carbonyl (C=O) groups is 1. The standard InChI is InChI=1S/C24H18F2N4O3/c1-11-14-8-12(32-20-6-7-27-23-13(20)3-5-21(31)30-23)2-4-19(14)33-22(11)24-28-17-9-15(25)16(26)10-18(17)29-24/h2,4,6-11,22H,3,5H2,1H3,(H,28,29)(H,27,30,31). The molecule has 2 aromatic carbocycles. The van der Waals surface area contributed by atoms with Crippen LogP contribution < -0.4 is 14.8 Å². The van der Waals surface area contributed by atoms with Gasteiger partial charge in [0.1, 0.15) is 28.9 Å². The first-order chi connectivity index (χ1) is 16.0. The van der Waals surface area contributed by atoms with Crippen LogP contribution in [0.5, 0.6) is 17.2 Å². The average molecular weight is 448 g/mol. The van der Waals surface area contributed by atoms with Crippen LogP contribution in [0.2, 0.25) is 0 Å². The van der Waals surface area contributed by atoms with Crippen molar-refractivity contribution in [3.8, 4) is 17.2 Å². The van der Waals surface area contributed by atoms with Crippen LogP contribution in [0.25, 0.3) is 11.0 Å². The minimum atomic E-state index is -0.941. The molecule has 2 aromatic heterocycles. The summed E-state index contributed by atoms with van der Waals surface area (Å²) in [6.07, 6.45) is 2.11. The fraction of sp³-hybridized carbons (Fsp3) is 0.208. The fourth-order valence-corrected chi connectivity index (χ4v) is 4.39. The van der Waals surface area contributed by atoms with Gasteiger partial charge >= 0.3 is 0 Å². The molecule has 33 heavy (non-hydrogen) atoms. The minimum absolute atomic E-state index is 0.0576. The number of fused-ring (bicyclic) bond motifs is 3. The van der Waals surface area contributed by atoms with E-state index in [2.05, 4.69) is 20.3 Å². The zero-order valence-corrected chi connectivity index (χ0v) is 17.5. The molecule has 1 amide bonds. The van der Waals surface area contributed by atoms with Crippen molar-refractivity contribution in [3.05, 3.63) is 71.2 Å². The molecule has 7 nitrogen and oxygen atoms in total. The van der Waals surface area contributed by atoms with E-state index in [0.717, 1.165) is 23.3 Å². The van der Waals surface area contributed by atoms with Crippen LogP contribution in [0.15, 0.2) is 42.6 Å². The number of amides is 1. The van der Waals surface area contributed by atoms with E-state index in [1.54, 1.807) is 12.3 Å². The Bertz CT molecular complexity index is 1400. The summed E-state index contributed by atoms with van der Waals surface area (Å²) in [6, 6.07) is 9.50. The first-order valence-corrected chi connectivity index (χ1v) is 10.6. The van der Waals surface area contributed by atoms with Crippen LogP contribution in [0.4, 0.5) is 14.6 Å². The van der Waals surface area contributed by atoms with Crippen LogP contribution >= 0.6 is 0 Å². The predicted molar refractivity (Wildman–Crippen MR) is 115 cm³/mol. The Balaban J connectivity index is 1.29. The van der Waals surface area contributed by atoms with E-state index in [-0.39, 0.29) is 11.8 Å². The van der Waals surface area contributed by atoms with Crippen molar-refractivity contribution in [2.24, 2.45) is 0 Å². The Morgan fingerprint density at radius 2 is 1.97 bits per heavy atom. The van der Waals surface area contributed by atoms with Crippen molar-refractivity contribution >= 4 is 22.8 Å². The van der Waals surface area contributed by atoms with Gasteiger partial charge in [-0.3, -0.25) is 4.79 Å². The Kier molecular flexibility index (Phi) is 4.33. The summed E-state index contributed by atoms with van der Waals surface area (Å²) < 4.78 is 39.4. The summed E-state index contributed by atoms with van der Waals surface area (Å²) in [5, 5.41) is 2.77. The molecule has 2 atom stereocenters. The van der Waals surface area contributed by atoms with Crippen molar-refractivity contribution in [1.82, 2.24) is 15.0 Å². The summed E-state index contributed by atoms with van der Waals surface area (Å²) in [7, 11) is 0. The molecule has 9 heteroatoms. The molecule has 0 spiro atoms. The van der Waals surface area contributed by atoms with E-state index in [1.165, 1.54) is 0 Å². The summed E-state index contributed by atoms with van der Waals surface area (Å²) in [5.41, 5.74) is 2.55. The maximum Gasteiger partial charge on any atom is 0.225 e. The number of halogens is 2. The lowest BCUT2D eigenvalue weighted by atomic mass is 9.97. The van der Waals surface area contributed by atoms with E-state index >= 15 is 0 Å². The molecule has 0 bridgehead atoms. The molecule has 2 N–H and O–H groups in total. The number of benzene rings is 2. The molecule has 0 aliphatic carbocycles. The number of aromatic amines is 1. The predicted octanol–water partition coefficient (Wildman–Crippen LogP) is 5.15. The number of carbonyl (C=O) groups excluding carboxylic acids is 1. The SMILES string of the molecule is CC1c2cc(Oc3ccnc4c3CCC(=O)N4)ccc2OC1c1nc2cc(F)c(F)cc2[nH]1. The van der Waals surface area contributed by atoms with Gasteiger partial charge in [-0.2, -0.15) is 0 Å². The highest BCUT2D eigenvalue weighted by atomic mass is 19.2. The third kappa shape index (κ3) is 3.27. The van der Waals surface area contributed by atoms with E-state index in [4.69, 9.17) is 9.47 Å². The summed E-state index contributed by atoms with van der Waals surface area (Å²) in [6.45, 7) is 2.00. The van der Waals surface area contributed by atoms with Crippen LogP contribution in [-0.4, -0.2) is 20.9 Å². The second kappa shape index (κ2) is 7.26. The molecule has 4 heterocycles. The van der Waals surface area contributed by atoms with E-state index in [0.29, 0.717) is 52.8 Å². The van der Waals surface area contributed by atoms with Crippen molar-refractivity contribution in [2.75, 3.05) is 5.32 Å². The molecular weight excluding hydrogens is 430 g/mol. The first kappa shape index (κ1) is 19.7. The molecule has 0 fully saturated rings. The number of imidazole rings is 1. The van der Waals surface area contributed by atoms with Crippen LogP contribution in [-0.2, 0) is 11.2 Å². The van der Waals surface area contributed by atoms with Gasteiger partial charge in [0.2, 0.25) is 5.91 Å². The monoisotopic (exact) mass is 448 g/mol. The van der Waals surface area contributed by atoms with Crippen molar-refractivity contribution in [2.45, 2.75) is 31.8 Å². The van der Waals surface area contributed by atoms with Crippen LogP contribution in [0.3, 0.4) is 0 Å². The van der Waals surface area contributed by atoms with Crippen molar-refractivity contribution < 1.29 is 23.0 Å². The number of pyridine rings is 1. The molecule has 166 valence electrons. The molecule has 6 rings (SSSR count). The quantitative estimate of drug-likeness (QED) is 0.453. The highest BCUT2D eigenvalue weighted by Crippen LogP contribution is 2.47. The lowest BCUT2D eigenvalue weighted by Gasteiger charge is -2.19. The van der Waals surface area contributed by atoms with Crippen molar-refractivity contribution in [1.29, 1.82) is 0 Å². The van der Waals surface area contributed by atoms with Gasteiger partial charge in [0, 0.05) is 41.8 Å². The number of anilines is 1. The van der Waals surface area contributed by atoms with Gasteiger partial charge in [0.05, 0.1) is 11.0 Å². The minimum Gasteiger partial charge on any atom is -0.482 e. The number of aromatic nitrogens is 3. The number of hydrogen-bond donors (Lipinski definition) is 2. The second-order valence-corrected chi connectivity index (χ2v) is 8.22.